The van der Waals surface area contributed by atoms with Crippen LogP contribution in [0.3, 0.4) is 0 Å². The van der Waals surface area contributed by atoms with Crippen LogP contribution in [0.15, 0.2) is 22.7 Å². The van der Waals surface area contributed by atoms with Crippen molar-refractivity contribution in [2.75, 3.05) is 19.7 Å². The van der Waals surface area contributed by atoms with Crippen LogP contribution >= 0.6 is 15.9 Å². The minimum atomic E-state index is -0.233. The standard InChI is InChI=1S/C12H15BrFNO/c13-10-3-9(4-11(14)5-10)6-12(8-16)1-2-15-7-12/h3-5,15-16H,1-2,6-8H2. The average molecular weight is 288 g/mol. The average Bonchev–Trinajstić information content (AvgIpc) is 2.65. The summed E-state index contributed by atoms with van der Waals surface area (Å²) in [6, 6.07) is 4.90. The van der Waals surface area contributed by atoms with Gasteiger partial charge in [-0.15, -0.1) is 0 Å². The summed E-state index contributed by atoms with van der Waals surface area (Å²) in [5.41, 5.74) is 0.817. The molecule has 0 spiro atoms. The number of halogens is 2. The molecule has 1 heterocycles. The second-order valence-electron chi connectivity index (χ2n) is 4.54. The van der Waals surface area contributed by atoms with Gasteiger partial charge in [-0.05, 0) is 43.1 Å². The summed E-state index contributed by atoms with van der Waals surface area (Å²) >= 11 is 3.28. The first-order valence-corrected chi connectivity index (χ1v) is 6.19. The first-order valence-electron chi connectivity index (χ1n) is 5.40. The molecule has 88 valence electrons. The maximum absolute atomic E-state index is 13.2. The summed E-state index contributed by atoms with van der Waals surface area (Å²) in [7, 11) is 0. The lowest BCUT2D eigenvalue weighted by Gasteiger charge is -2.25. The Bertz CT molecular complexity index is 357. The van der Waals surface area contributed by atoms with Gasteiger partial charge in [0.1, 0.15) is 5.82 Å². The van der Waals surface area contributed by atoms with Crippen molar-refractivity contribution in [1.82, 2.24) is 5.32 Å². The molecule has 2 nitrogen and oxygen atoms in total. The maximum Gasteiger partial charge on any atom is 0.124 e. The smallest absolute Gasteiger partial charge is 0.124 e. The second-order valence-corrected chi connectivity index (χ2v) is 5.46. The number of aliphatic hydroxyl groups excluding tert-OH is 1. The molecule has 2 rings (SSSR count). The minimum Gasteiger partial charge on any atom is -0.396 e. The third-order valence-corrected chi connectivity index (χ3v) is 3.63. The molecule has 0 radical (unpaired) electrons. The molecule has 2 N–H and O–H groups in total. The quantitative estimate of drug-likeness (QED) is 0.893. The van der Waals surface area contributed by atoms with Crippen LogP contribution in [0.2, 0.25) is 0 Å². The predicted molar refractivity (Wildman–Crippen MR) is 64.8 cm³/mol. The first-order chi connectivity index (χ1) is 7.63. The summed E-state index contributed by atoms with van der Waals surface area (Å²) in [6.07, 6.45) is 1.66. The van der Waals surface area contributed by atoms with Crippen molar-refractivity contribution in [3.05, 3.63) is 34.1 Å². The number of hydrogen-bond donors (Lipinski definition) is 2. The van der Waals surface area contributed by atoms with Gasteiger partial charge in [0.05, 0.1) is 6.61 Å². The zero-order valence-electron chi connectivity index (χ0n) is 8.97. The number of hydrogen-bond acceptors (Lipinski definition) is 2. The second kappa shape index (κ2) is 4.82. The molecule has 0 aliphatic carbocycles. The van der Waals surface area contributed by atoms with Crippen LogP contribution in [0, 0.1) is 11.2 Å². The van der Waals surface area contributed by atoms with Gasteiger partial charge in [-0.2, -0.15) is 0 Å². The number of aliphatic hydroxyl groups is 1. The van der Waals surface area contributed by atoms with Gasteiger partial charge in [-0.25, -0.2) is 4.39 Å². The molecule has 4 heteroatoms. The van der Waals surface area contributed by atoms with E-state index in [9.17, 15) is 9.50 Å². The van der Waals surface area contributed by atoms with E-state index in [4.69, 9.17) is 0 Å². The van der Waals surface area contributed by atoms with E-state index >= 15 is 0 Å². The molecular formula is C12H15BrFNO. The highest BCUT2D eigenvalue weighted by Gasteiger charge is 2.33. The van der Waals surface area contributed by atoms with Crippen LogP contribution in [0.4, 0.5) is 4.39 Å². The lowest BCUT2D eigenvalue weighted by Crippen LogP contribution is -2.30. The van der Waals surface area contributed by atoms with Gasteiger partial charge < -0.3 is 10.4 Å². The molecule has 0 bridgehead atoms. The third kappa shape index (κ3) is 2.62. The molecule has 1 saturated heterocycles. The predicted octanol–water partition coefficient (Wildman–Crippen LogP) is 2.10. The Morgan fingerprint density at radius 3 is 2.81 bits per heavy atom. The SMILES string of the molecule is OCC1(Cc2cc(F)cc(Br)c2)CCNC1. The lowest BCUT2D eigenvalue weighted by molar-refractivity contribution is 0.142. The molecule has 1 aliphatic heterocycles. The van der Waals surface area contributed by atoms with E-state index in [-0.39, 0.29) is 17.8 Å². The van der Waals surface area contributed by atoms with Crippen LogP contribution < -0.4 is 5.32 Å². The van der Waals surface area contributed by atoms with Gasteiger partial charge in [0.25, 0.3) is 0 Å². The van der Waals surface area contributed by atoms with Crippen molar-refractivity contribution < 1.29 is 9.50 Å². The van der Waals surface area contributed by atoms with Gasteiger partial charge in [0.15, 0.2) is 0 Å². The summed E-state index contributed by atoms with van der Waals surface area (Å²) in [5, 5.41) is 12.7. The molecule has 0 saturated carbocycles. The number of nitrogens with one attached hydrogen (secondary N) is 1. The van der Waals surface area contributed by atoms with E-state index in [0.717, 1.165) is 29.5 Å². The Balaban J connectivity index is 2.18. The van der Waals surface area contributed by atoms with Crippen molar-refractivity contribution in [3.63, 3.8) is 0 Å². The van der Waals surface area contributed by atoms with E-state index in [0.29, 0.717) is 6.42 Å². The largest absolute Gasteiger partial charge is 0.396 e. The molecule has 1 fully saturated rings. The van der Waals surface area contributed by atoms with Crippen molar-refractivity contribution in [1.29, 1.82) is 0 Å². The monoisotopic (exact) mass is 287 g/mol. The fraction of sp³-hybridized carbons (Fsp3) is 0.500. The maximum atomic E-state index is 13.2. The van der Waals surface area contributed by atoms with Crippen LogP contribution in [-0.4, -0.2) is 24.8 Å². The molecule has 1 atom stereocenters. The zero-order chi connectivity index (χ0) is 11.6. The fourth-order valence-corrected chi connectivity index (χ4v) is 2.80. The highest BCUT2D eigenvalue weighted by molar-refractivity contribution is 9.10. The molecule has 1 unspecified atom stereocenters. The molecule has 1 aromatic carbocycles. The molecule has 0 aromatic heterocycles. The first kappa shape index (κ1) is 12.0. The van der Waals surface area contributed by atoms with Gasteiger partial charge in [0, 0.05) is 16.4 Å². The molecular weight excluding hydrogens is 273 g/mol. The van der Waals surface area contributed by atoms with Crippen molar-refractivity contribution >= 4 is 15.9 Å². The Morgan fingerprint density at radius 1 is 1.44 bits per heavy atom. The van der Waals surface area contributed by atoms with Gasteiger partial charge in [-0.1, -0.05) is 15.9 Å². The topological polar surface area (TPSA) is 32.3 Å². The summed E-state index contributed by atoms with van der Waals surface area (Å²) in [6.45, 7) is 1.88. The number of benzene rings is 1. The van der Waals surface area contributed by atoms with Crippen LogP contribution in [-0.2, 0) is 6.42 Å². The van der Waals surface area contributed by atoms with Crippen LogP contribution in [0.1, 0.15) is 12.0 Å². The third-order valence-electron chi connectivity index (χ3n) is 3.17. The highest BCUT2D eigenvalue weighted by Crippen LogP contribution is 2.30. The van der Waals surface area contributed by atoms with Crippen LogP contribution in [0.25, 0.3) is 0 Å². The normalized spacial score (nSPS) is 24.9. The van der Waals surface area contributed by atoms with Crippen molar-refractivity contribution in [2.45, 2.75) is 12.8 Å². The molecule has 16 heavy (non-hydrogen) atoms. The van der Waals surface area contributed by atoms with Crippen molar-refractivity contribution in [3.8, 4) is 0 Å². The van der Waals surface area contributed by atoms with E-state index in [1.165, 1.54) is 6.07 Å². The Hall–Kier alpha value is -0.450. The number of rotatable bonds is 3. The summed E-state index contributed by atoms with van der Waals surface area (Å²) in [4.78, 5) is 0. The van der Waals surface area contributed by atoms with Crippen LogP contribution in [0.5, 0.6) is 0 Å². The van der Waals surface area contributed by atoms with E-state index < -0.39 is 0 Å². The Kier molecular flexibility index (Phi) is 3.62. The summed E-state index contributed by atoms with van der Waals surface area (Å²) < 4.78 is 14.0. The molecule has 0 amide bonds. The molecule has 1 aliphatic rings. The summed E-state index contributed by atoms with van der Waals surface area (Å²) in [5.74, 6) is -0.233. The van der Waals surface area contributed by atoms with E-state index in [1.807, 2.05) is 6.07 Å². The Labute approximate surface area is 103 Å². The van der Waals surface area contributed by atoms with E-state index in [2.05, 4.69) is 21.2 Å². The molecule has 1 aromatic rings. The minimum absolute atomic E-state index is 0.118. The zero-order valence-corrected chi connectivity index (χ0v) is 10.6. The lowest BCUT2D eigenvalue weighted by atomic mass is 9.82. The van der Waals surface area contributed by atoms with Gasteiger partial charge in [-0.3, -0.25) is 0 Å². The van der Waals surface area contributed by atoms with E-state index in [1.54, 1.807) is 6.07 Å². The highest BCUT2D eigenvalue weighted by atomic mass is 79.9. The Morgan fingerprint density at radius 2 is 2.25 bits per heavy atom. The fourth-order valence-electron chi connectivity index (χ4n) is 2.28. The van der Waals surface area contributed by atoms with Gasteiger partial charge in [0.2, 0.25) is 0 Å². The van der Waals surface area contributed by atoms with Crippen molar-refractivity contribution in [2.24, 2.45) is 5.41 Å². The van der Waals surface area contributed by atoms with Gasteiger partial charge >= 0.3 is 0 Å².